The molecule has 9 aromatic rings. The van der Waals surface area contributed by atoms with Crippen LogP contribution < -0.4 is 0 Å². The van der Waals surface area contributed by atoms with Gasteiger partial charge in [-0.25, -0.2) is 0 Å². The topological polar surface area (TPSA) is 12.4 Å². The lowest BCUT2D eigenvalue weighted by Crippen LogP contribution is -2.09. The summed E-state index contributed by atoms with van der Waals surface area (Å²) in [5, 5.41) is 2.83. The van der Waals surface area contributed by atoms with Crippen molar-refractivity contribution < 1.29 is 0 Å². The van der Waals surface area contributed by atoms with Gasteiger partial charge in [0.15, 0.2) is 0 Å². The molecule has 1 aromatic heterocycles. The molecule has 67 heavy (non-hydrogen) atoms. The second kappa shape index (κ2) is 23.9. The molecule has 342 valence electrons. The highest BCUT2D eigenvalue weighted by atomic mass is 32.1. The summed E-state index contributed by atoms with van der Waals surface area (Å²) in [6, 6.07) is 64.7. The van der Waals surface area contributed by atoms with Crippen LogP contribution in [0.25, 0.3) is 42.4 Å². The lowest BCUT2D eigenvalue weighted by molar-refractivity contribution is 0.735. The Kier molecular flexibility index (Phi) is 17.9. The Hall–Kier alpha value is -6.35. The number of benzene rings is 8. The van der Waals surface area contributed by atoms with Crippen molar-refractivity contribution >= 4 is 42.9 Å². The third-order valence-electron chi connectivity index (χ3n) is 12.6. The maximum absolute atomic E-state index is 4.87. The van der Waals surface area contributed by atoms with E-state index in [1.165, 1.54) is 92.5 Å². The molecule has 0 saturated heterocycles. The molecule has 1 atom stereocenters. The van der Waals surface area contributed by atoms with Gasteiger partial charge in [-0.05, 0) is 140 Å². The van der Waals surface area contributed by atoms with E-state index in [0.29, 0.717) is 17.8 Å². The normalized spacial score (nSPS) is 11.6. The Bertz CT molecular complexity index is 2970. The van der Waals surface area contributed by atoms with E-state index < -0.39 is 0 Å². The molecule has 0 saturated carbocycles. The highest BCUT2D eigenvalue weighted by Crippen LogP contribution is 2.47. The zero-order chi connectivity index (χ0) is 48.0. The number of fused-ring (bicyclic) bond motifs is 3. The molecule has 0 N–H and O–H groups in total. The summed E-state index contributed by atoms with van der Waals surface area (Å²) in [6.45, 7) is 26.7. The fourth-order valence-electron chi connectivity index (χ4n) is 8.68. The Morgan fingerprint density at radius 2 is 0.985 bits per heavy atom. The van der Waals surface area contributed by atoms with Crippen molar-refractivity contribution in [1.82, 2.24) is 0 Å². The van der Waals surface area contributed by atoms with Crippen LogP contribution >= 0.6 is 11.3 Å². The summed E-state index contributed by atoms with van der Waals surface area (Å²) in [6.07, 6.45) is 1.14. The molecule has 0 spiro atoms. The summed E-state index contributed by atoms with van der Waals surface area (Å²) < 4.78 is 2.76. The smallest absolute Gasteiger partial charge is 0.0662 e. The highest BCUT2D eigenvalue weighted by molar-refractivity contribution is 7.25. The maximum atomic E-state index is 4.87. The van der Waals surface area contributed by atoms with E-state index in [1.54, 1.807) is 0 Å². The molecule has 8 aromatic carbocycles. The molecule has 0 radical (unpaired) electrons. The van der Waals surface area contributed by atoms with Gasteiger partial charge in [-0.15, -0.1) is 11.3 Å². The van der Waals surface area contributed by atoms with Gasteiger partial charge in [0.05, 0.1) is 11.4 Å². The Balaban J connectivity index is 0.000000185. The van der Waals surface area contributed by atoms with Crippen molar-refractivity contribution in [1.29, 1.82) is 0 Å². The van der Waals surface area contributed by atoms with Gasteiger partial charge in [0, 0.05) is 20.2 Å². The van der Waals surface area contributed by atoms with Crippen molar-refractivity contribution in [3.8, 4) is 22.3 Å². The first-order valence-corrected chi connectivity index (χ1v) is 25.0. The lowest BCUT2D eigenvalue weighted by atomic mass is 9.80. The number of nitrogens with zero attached hydrogens (tertiary/aromatic N) is 1. The molecule has 1 unspecified atom stereocenters. The third kappa shape index (κ3) is 12.8. The fourth-order valence-corrected chi connectivity index (χ4v) is 9.80. The van der Waals surface area contributed by atoms with Crippen LogP contribution in [-0.2, 0) is 0 Å². The standard InChI is InChI=1S/C33H34S.C18H21N.2C7H8/c1-7-21(4)24-12-8-9-13-25(24)31-22(5)16-17-23(6)32(31)27-18-19-29-33(30(27)20(2)3)26-14-10-11-15-28(26)34-29;1-13(2)18(16-11-9-14(3)10-12-16)19-17-8-6-5-7-15(17)4;2*1-7-5-3-2-4-6-7/h8-21H,7H2,1-6H3;5-13H,1-4H3;2*2-6H,1H3. The van der Waals surface area contributed by atoms with Crippen molar-refractivity contribution in [2.45, 2.75) is 101 Å². The minimum absolute atomic E-state index is 0.405. The number of aliphatic imine (C=N–C) groups is 1. The van der Waals surface area contributed by atoms with Crippen LogP contribution in [-0.4, -0.2) is 5.71 Å². The van der Waals surface area contributed by atoms with Gasteiger partial charge in [0.1, 0.15) is 0 Å². The van der Waals surface area contributed by atoms with E-state index in [4.69, 9.17) is 4.99 Å². The highest BCUT2D eigenvalue weighted by Gasteiger charge is 2.23. The van der Waals surface area contributed by atoms with Crippen LogP contribution in [0.4, 0.5) is 5.69 Å². The number of thiophene rings is 1. The second-order valence-corrected chi connectivity index (χ2v) is 19.7. The van der Waals surface area contributed by atoms with E-state index in [1.807, 2.05) is 53.8 Å². The van der Waals surface area contributed by atoms with E-state index in [9.17, 15) is 0 Å². The van der Waals surface area contributed by atoms with Gasteiger partial charge in [0.25, 0.3) is 0 Å². The molecule has 0 fully saturated rings. The van der Waals surface area contributed by atoms with E-state index in [2.05, 4.69) is 223 Å². The van der Waals surface area contributed by atoms with Crippen LogP contribution in [0.5, 0.6) is 0 Å². The fraction of sp³-hybridized carbons (Fsp3) is 0.246. The molecular formula is C65H71NS. The number of para-hydroxylation sites is 1. The zero-order valence-electron chi connectivity index (χ0n) is 42.1. The van der Waals surface area contributed by atoms with Crippen LogP contribution in [0.3, 0.4) is 0 Å². The first-order chi connectivity index (χ1) is 32.3. The summed E-state index contributed by atoms with van der Waals surface area (Å²) in [5.41, 5.74) is 19.8. The Morgan fingerprint density at radius 1 is 0.463 bits per heavy atom. The quantitative estimate of drug-likeness (QED) is 0.135. The van der Waals surface area contributed by atoms with E-state index >= 15 is 0 Å². The number of hydrogen-bond acceptors (Lipinski definition) is 2. The van der Waals surface area contributed by atoms with Gasteiger partial charge in [-0.2, -0.15) is 0 Å². The van der Waals surface area contributed by atoms with Gasteiger partial charge >= 0.3 is 0 Å². The molecule has 2 heteroatoms. The van der Waals surface area contributed by atoms with Crippen molar-refractivity contribution in [2.75, 3.05) is 0 Å². The van der Waals surface area contributed by atoms with Gasteiger partial charge in [-0.3, -0.25) is 4.99 Å². The number of rotatable bonds is 8. The maximum Gasteiger partial charge on any atom is 0.0662 e. The predicted molar refractivity (Wildman–Crippen MR) is 298 cm³/mol. The summed E-state index contributed by atoms with van der Waals surface area (Å²) in [7, 11) is 0. The molecule has 0 aliphatic rings. The van der Waals surface area contributed by atoms with Crippen molar-refractivity contribution in [2.24, 2.45) is 10.9 Å². The summed E-state index contributed by atoms with van der Waals surface area (Å²) in [4.78, 5) is 4.87. The van der Waals surface area contributed by atoms with Crippen LogP contribution in [0, 0.1) is 47.5 Å². The Labute approximate surface area is 407 Å². The largest absolute Gasteiger partial charge is 0.252 e. The zero-order valence-corrected chi connectivity index (χ0v) is 42.9. The minimum Gasteiger partial charge on any atom is -0.252 e. The number of aryl methyl sites for hydroxylation is 6. The molecule has 1 heterocycles. The molecule has 0 aliphatic heterocycles. The monoisotopic (exact) mass is 898 g/mol. The first kappa shape index (κ1) is 50.1. The molecule has 0 bridgehead atoms. The molecule has 9 rings (SSSR count). The summed E-state index contributed by atoms with van der Waals surface area (Å²) in [5.74, 6) is 1.36. The van der Waals surface area contributed by atoms with Gasteiger partial charge in [-0.1, -0.05) is 222 Å². The third-order valence-corrected chi connectivity index (χ3v) is 13.7. The van der Waals surface area contributed by atoms with Gasteiger partial charge in [0.2, 0.25) is 0 Å². The number of hydrogen-bond donors (Lipinski definition) is 0. The van der Waals surface area contributed by atoms with Gasteiger partial charge < -0.3 is 0 Å². The lowest BCUT2D eigenvalue weighted by Gasteiger charge is -2.24. The van der Waals surface area contributed by atoms with Crippen LogP contribution in [0.15, 0.2) is 187 Å². The van der Waals surface area contributed by atoms with E-state index in [-0.39, 0.29) is 0 Å². The Morgan fingerprint density at radius 3 is 1.54 bits per heavy atom. The van der Waals surface area contributed by atoms with Crippen LogP contribution in [0.2, 0.25) is 0 Å². The summed E-state index contributed by atoms with van der Waals surface area (Å²) >= 11 is 1.91. The van der Waals surface area contributed by atoms with Crippen molar-refractivity contribution in [3.05, 3.63) is 232 Å². The van der Waals surface area contributed by atoms with Crippen molar-refractivity contribution in [3.63, 3.8) is 0 Å². The molecule has 0 aliphatic carbocycles. The molecular weight excluding hydrogens is 827 g/mol. The minimum atomic E-state index is 0.405. The molecule has 0 amide bonds. The average Bonchev–Trinajstić information content (AvgIpc) is 3.71. The predicted octanol–water partition coefficient (Wildman–Crippen LogP) is 19.7. The van der Waals surface area contributed by atoms with Crippen LogP contribution in [0.1, 0.15) is 110 Å². The molecule has 1 nitrogen and oxygen atoms in total. The SMILES string of the molecule is CCC(C)c1ccccc1-c1c(C)ccc(C)c1-c1ccc2sc3ccccc3c2c1C(C)C.Cc1ccc(C(=Nc2ccccc2C)C(C)C)cc1.Cc1ccccc1.Cc1ccccc1. The first-order valence-electron chi connectivity index (χ1n) is 24.2. The van der Waals surface area contributed by atoms with E-state index in [0.717, 1.165) is 17.8 Å². The second-order valence-electron chi connectivity index (χ2n) is 18.6. The average molecular weight is 898 g/mol.